The van der Waals surface area contributed by atoms with Gasteiger partial charge in [0.15, 0.2) is 0 Å². The number of hydrogen-bond acceptors (Lipinski definition) is 2. The van der Waals surface area contributed by atoms with Crippen molar-refractivity contribution in [3.8, 4) is 0 Å². The van der Waals surface area contributed by atoms with Crippen molar-refractivity contribution in [2.75, 3.05) is 5.32 Å². The highest BCUT2D eigenvalue weighted by atomic mass is 79.9. The summed E-state index contributed by atoms with van der Waals surface area (Å²) in [5, 5.41) is 2.48. The number of amides is 1. The molecule has 0 radical (unpaired) electrons. The van der Waals surface area contributed by atoms with Crippen molar-refractivity contribution in [3.05, 3.63) is 28.5 Å². The van der Waals surface area contributed by atoms with Crippen LogP contribution in [0.3, 0.4) is 0 Å². The number of Topliss-reactive ketones (excluding diaryl/α,β-unsaturated/α-hetero) is 1. The van der Waals surface area contributed by atoms with Gasteiger partial charge in [-0.2, -0.15) is 0 Å². The van der Waals surface area contributed by atoms with Gasteiger partial charge in [-0.1, -0.05) is 0 Å². The van der Waals surface area contributed by atoms with E-state index in [1.807, 2.05) is 0 Å². The molecular formula is C10H9BrFNO2. The van der Waals surface area contributed by atoms with Crippen LogP contribution in [0.1, 0.15) is 13.3 Å². The molecule has 1 amide bonds. The van der Waals surface area contributed by atoms with Crippen LogP contribution in [-0.4, -0.2) is 11.7 Å². The molecule has 1 rings (SSSR count). The van der Waals surface area contributed by atoms with Crippen molar-refractivity contribution >= 4 is 33.3 Å². The highest BCUT2D eigenvalue weighted by Gasteiger charge is 2.06. The standard InChI is InChI=1S/C10H9BrFNO2/c1-6(14)4-10(15)13-7-2-3-9(12)8(11)5-7/h2-3,5H,4H2,1H3,(H,13,15). The molecular weight excluding hydrogens is 265 g/mol. The fourth-order valence-corrected chi connectivity index (χ4v) is 1.38. The van der Waals surface area contributed by atoms with E-state index in [1.165, 1.54) is 25.1 Å². The van der Waals surface area contributed by atoms with Crippen LogP contribution in [0, 0.1) is 5.82 Å². The maximum absolute atomic E-state index is 12.8. The van der Waals surface area contributed by atoms with Crippen LogP contribution in [0.4, 0.5) is 10.1 Å². The minimum Gasteiger partial charge on any atom is -0.326 e. The summed E-state index contributed by atoms with van der Waals surface area (Å²) in [6, 6.07) is 4.10. The van der Waals surface area contributed by atoms with Crippen molar-refractivity contribution in [2.24, 2.45) is 0 Å². The van der Waals surface area contributed by atoms with Gasteiger partial charge >= 0.3 is 0 Å². The average molecular weight is 274 g/mol. The van der Waals surface area contributed by atoms with E-state index in [2.05, 4.69) is 21.2 Å². The Hall–Kier alpha value is -1.23. The molecule has 0 heterocycles. The fourth-order valence-electron chi connectivity index (χ4n) is 1.01. The predicted octanol–water partition coefficient (Wildman–Crippen LogP) is 2.51. The Morgan fingerprint density at radius 2 is 2.13 bits per heavy atom. The molecule has 0 aromatic heterocycles. The first-order valence-electron chi connectivity index (χ1n) is 4.23. The highest BCUT2D eigenvalue weighted by Crippen LogP contribution is 2.19. The smallest absolute Gasteiger partial charge is 0.231 e. The number of nitrogens with one attached hydrogen (secondary N) is 1. The molecule has 0 unspecified atom stereocenters. The Bertz CT molecular complexity index is 406. The molecule has 5 heteroatoms. The summed E-state index contributed by atoms with van der Waals surface area (Å²) in [5.74, 6) is -1.02. The second-order valence-corrected chi connectivity index (χ2v) is 3.91. The van der Waals surface area contributed by atoms with E-state index in [0.29, 0.717) is 5.69 Å². The molecule has 0 aliphatic heterocycles. The second-order valence-electron chi connectivity index (χ2n) is 3.06. The summed E-state index contributed by atoms with van der Waals surface area (Å²) >= 11 is 2.99. The van der Waals surface area contributed by atoms with Crippen molar-refractivity contribution in [3.63, 3.8) is 0 Å². The first-order chi connectivity index (χ1) is 6.99. The van der Waals surface area contributed by atoms with Crippen LogP contribution in [0.15, 0.2) is 22.7 Å². The molecule has 0 aliphatic carbocycles. The topological polar surface area (TPSA) is 46.2 Å². The van der Waals surface area contributed by atoms with Gasteiger partial charge in [0.25, 0.3) is 0 Å². The first kappa shape index (κ1) is 11.8. The molecule has 1 aromatic rings. The Morgan fingerprint density at radius 3 is 2.67 bits per heavy atom. The van der Waals surface area contributed by atoms with E-state index in [0.717, 1.165) is 0 Å². The number of rotatable bonds is 3. The zero-order valence-corrected chi connectivity index (χ0v) is 9.60. The average Bonchev–Trinajstić information content (AvgIpc) is 2.10. The van der Waals surface area contributed by atoms with Crippen LogP contribution in [0.5, 0.6) is 0 Å². The van der Waals surface area contributed by atoms with Crippen molar-refractivity contribution in [1.29, 1.82) is 0 Å². The molecule has 0 atom stereocenters. The first-order valence-corrected chi connectivity index (χ1v) is 5.02. The van der Waals surface area contributed by atoms with Crippen LogP contribution < -0.4 is 5.32 Å². The lowest BCUT2D eigenvalue weighted by molar-refractivity contribution is -0.124. The van der Waals surface area contributed by atoms with Gasteiger partial charge in [0.2, 0.25) is 5.91 Å². The molecule has 0 spiro atoms. The number of carbonyl (C=O) groups is 2. The normalized spacial score (nSPS) is 9.80. The van der Waals surface area contributed by atoms with E-state index >= 15 is 0 Å². The lowest BCUT2D eigenvalue weighted by atomic mass is 10.2. The molecule has 1 N–H and O–H groups in total. The van der Waals surface area contributed by atoms with Gasteiger partial charge in [-0.3, -0.25) is 9.59 Å². The van der Waals surface area contributed by atoms with Gasteiger partial charge in [-0.15, -0.1) is 0 Å². The highest BCUT2D eigenvalue weighted by molar-refractivity contribution is 9.10. The maximum atomic E-state index is 12.8. The van der Waals surface area contributed by atoms with E-state index in [4.69, 9.17) is 0 Å². The fraction of sp³-hybridized carbons (Fsp3) is 0.200. The predicted molar refractivity (Wildman–Crippen MR) is 58.0 cm³/mol. The largest absolute Gasteiger partial charge is 0.326 e. The quantitative estimate of drug-likeness (QED) is 0.861. The number of halogens is 2. The molecule has 0 aliphatic rings. The Labute approximate surface area is 94.8 Å². The van der Waals surface area contributed by atoms with Gasteiger partial charge in [0, 0.05) is 5.69 Å². The third-order valence-electron chi connectivity index (χ3n) is 1.61. The lowest BCUT2D eigenvalue weighted by Gasteiger charge is -2.04. The SMILES string of the molecule is CC(=O)CC(=O)Nc1ccc(F)c(Br)c1. The number of benzene rings is 1. The molecule has 0 saturated carbocycles. The molecule has 0 bridgehead atoms. The van der Waals surface area contributed by atoms with E-state index in [1.54, 1.807) is 0 Å². The third-order valence-corrected chi connectivity index (χ3v) is 2.22. The minimum atomic E-state index is -0.403. The number of anilines is 1. The maximum Gasteiger partial charge on any atom is 0.231 e. The van der Waals surface area contributed by atoms with Gasteiger partial charge in [0.05, 0.1) is 10.9 Å². The molecule has 3 nitrogen and oxygen atoms in total. The van der Waals surface area contributed by atoms with Crippen molar-refractivity contribution < 1.29 is 14.0 Å². The zero-order valence-electron chi connectivity index (χ0n) is 8.01. The Kier molecular flexibility index (Phi) is 3.96. The van der Waals surface area contributed by atoms with E-state index < -0.39 is 11.7 Å². The summed E-state index contributed by atoms with van der Waals surface area (Å²) < 4.78 is 13.1. The van der Waals surface area contributed by atoms with Crippen LogP contribution in [-0.2, 0) is 9.59 Å². The molecule has 80 valence electrons. The van der Waals surface area contributed by atoms with Gasteiger partial charge in [-0.05, 0) is 41.1 Å². The number of ketones is 1. The van der Waals surface area contributed by atoms with E-state index in [9.17, 15) is 14.0 Å². The van der Waals surface area contributed by atoms with E-state index in [-0.39, 0.29) is 16.7 Å². The molecule has 15 heavy (non-hydrogen) atoms. The number of carbonyl (C=O) groups excluding carboxylic acids is 2. The summed E-state index contributed by atoms with van der Waals surface area (Å²) in [7, 11) is 0. The summed E-state index contributed by atoms with van der Waals surface area (Å²) in [5.41, 5.74) is 0.453. The third kappa shape index (κ3) is 3.79. The van der Waals surface area contributed by atoms with Gasteiger partial charge in [0.1, 0.15) is 11.6 Å². The molecule has 0 saturated heterocycles. The molecule has 1 aromatic carbocycles. The Morgan fingerprint density at radius 1 is 1.47 bits per heavy atom. The zero-order chi connectivity index (χ0) is 11.4. The summed E-state index contributed by atoms with van der Waals surface area (Å²) in [6.45, 7) is 1.33. The van der Waals surface area contributed by atoms with Crippen molar-refractivity contribution in [1.82, 2.24) is 0 Å². The van der Waals surface area contributed by atoms with Crippen LogP contribution in [0.2, 0.25) is 0 Å². The summed E-state index contributed by atoms with van der Waals surface area (Å²) in [6.07, 6.45) is -0.172. The second kappa shape index (κ2) is 5.02. The number of hydrogen-bond donors (Lipinski definition) is 1. The van der Waals surface area contributed by atoms with Crippen LogP contribution in [0.25, 0.3) is 0 Å². The lowest BCUT2D eigenvalue weighted by Crippen LogP contribution is -2.14. The van der Waals surface area contributed by atoms with Gasteiger partial charge in [-0.25, -0.2) is 4.39 Å². The Balaban J connectivity index is 2.69. The minimum absolute atomic E-state index is 0.172. The monoisotopic (exact) mass is 273 g/mol. The van der Waals surface area contributed by atoms with Gasteiger partial charge < -0.3 is 5.32 Å². The summed E-state index contributed by atoms with van der Waals surface area (Å²) in [4.78, 5) is 21.8. The molecule has 0 fully saturated rings. The van der Waals surface area contributed by atoms with Crippen LogP contribution >= 0.6 is 15.9 Å². The van der Waals surface area contributed by atoms with Crippen molar-refractivity contribution in [2.45, 2.75) is 13.3 Å².